The second-order valence-electron chi connectivity index (χ2n) is 7.00. The molecule has 33 heavy (non-hydrogen) atoms. The van der Waals surface area contributed by atoms with Gasteiger partial charge in [0.1, 0.15) is 11.5 Å². The van der Waals surface area contributed by atoms with Gasteiger partial charge < -0.3 is 9.94 Å². The third-order valence-corrected chi connectivity index (χ3v) is 6.32. The molecule has 2 heterocycles. The second-order valence-corrected chi connectivity index (χ2v) is 8.48. The fourth-order valence-corrected chi connectivity index (χ4v) is 4.49. The lowest BCUT2D eigenvalue weighted by Crippen LogP contribution is -2.24. The minimum Gasteiger partial charge on any atom is -0.507 e. The molecule has 5 rings (SSSR count). The summed E-state index contributed by atoms with van der Waals surface area (Å²) in [6, 6.07) is 23.3. The van der Waals surface area contributed by atoms with Crippen LogP contribution in [0.5, 0.6) is 5.75 Å². The van der Waals surface area contributed by atoms with Crippen LogP contribution in [0.2, 0.25) is 5.02 Å². The van der Waals surface area contributed by atoms with Gasteiger partial charge in [-0.1, -0.05) is 77.0 Å². The molecule has 164 valence electrons. The summed E-state index contributed by atoms with van der Waals surface area (Å²) in [6.07, 6.45) is 0. The Morgan fingerprint density at radius 2 is 1.64 bits per heavy atom. The lowest BCUT2D eigenvalue weighted by Gasteiger charge is -2.15. The molecule has 1 aliphatic rings. The Bertz CT molecular complexity index is 1360. The van der Waals surface area contributed by atoms with Crippen molar-refractivity contribution in [3.63, 3.8) is 0 Å². The van der Waals surface area contributed by atoms with Crippen LogP contribution in [-0.2, 0) is 9.63 Å². The molecule has 1 unspecified atom stereocenters. The molecular formula is C23H16ClN5O3S. The first kappa shape index (κ1) is 21.0. The molecule has 2 N–H and O–H groups in total. The van der Waals surface area contributed by atoms with Crippen LogP contribution >= 0.6 is 23.4 Å². The molecule has 0 aliphatic carbocycles. The van der Waals surface area contributed by atoms with Gasteiger partial charge in [0.15, 0.2) is 11.1 Å². The van der Waals surface area contributed by atoms with Gasteiger partial charge in [0, 0.05) is 10.6 Å². The molecule has 0 saturated carbocycles. The maximum atomic E-state index is 12.6. The van der Waals surface area contributed by atoms with Crippen LogP contribution in [0.15, 0.2) is 89.2 Å². The van der Waals surface area contributed by atoms with Crippen molar-refractivity contribution in [1.82, 2.24) is 14.9 Å². The van der Waals surface area contributed by atoms with Gasteiger partial charge in [-0.25, -0.2) is 9.47 Å². The number of para-hydroxylation sites is 2. The van der Waals surface area contributed by atoms with E-state index >= 15 is 0 Å². The van der Waals surface area contributed by atoms with Gasteiger partial charge >= 0.3 is 5.97 Å². The van der Waals surface area contributed by atoms with Gasteiger partial charge in [0.05, 0.1) is 11.3 Å². The van der Waals surface area contributed by atoms with Gasteiger partial charge in [0.2, 0.25) is 5.16 Å². The number of phenols is 1. The van der Waals surface area contributed by atoms with Gasteiger partial charge in [-0.3, -0.25) is 5.43 Å². The van der Waals surface area contributed by atoms with Crippen LogP contribution in [0, 0.1) is 0 Å². The Kier molecular flexibility index (Phi) is 5.72. The molecule has 1 aliphatic heterocycles. The zero-order valence-electron chi connectivity index (χ0n) is 16.9. The number of oxime groups is 1. The standard InChI is InChI=1S/C23H16ClN5O3S/c24-17-12-6-4-10-15(17)19-20(22(31)32-28-19)33-23-26-25-21(16-11-5-7-13-18(16)30)29(23)27-14-8-2-1-3-9-14/h1-13,20,27,30H. The van der Waals surface area contributed by atoms with Gasteiger partial charge in [-0.15, -0.1) is 10.2 Å². The molecule has 0 spiro atoms. The largest absolute Gasteiger partial charge is 0.507 e. The third kappa shape index (κ3) is 4.15. The van der Waals surface area contributed by atoms with E-state index in [0.717, 1.165) is 17.4 Å². The number of hydrogen-bond donors (Lipinski definition) is 2. The number of thioether (sulfide) groups is 1. The number of nitrogens with one attached hydrogen (secondary N) is 1. The van der Waals surface area contributed by atoms with Crippen LogP contribution in [0.4, 0.5) is 5.69 Å². The van der Waals surface area contributed by atoms with E-state index in [2.05, 4.69) is 20.8 Å². The molecule has 1 atom stereocenters. The van der Waals surface area contributed by atoms with Crippen molar-refractivity contribution < 1.29 is 14.7 Å². The maximum Gasteiger partial charge on any atom is 0.354 e. The number of benzene rings is 3. The Hall–Kier alpha value is -3.82. The highest BCUT2D eigenvalue weighted by atomic mass is 35.5. The fourth-order valence-electron chi connectivity index (χ4n) is 3.30. The molecule has 8 nitrogen and oxygen atoms in total. The van der Waals surface area contributed by atoms with E-state index in [-0.39, 0.29) is 5.75 Å². The first-order valence-corrected chi connectivity index (χ1v) is 11.1. The summed E-state index contributed by atoms with van der Waals surface area (Å²) in [5, 5.41) is 22.9. The van der Waals surface area contributed by atoms with Gasteiger partial charge in [-0.2, -0.15) is 0 Å². The topological polar surface area (TPSA) is 102 Å². The maximum absolute atomic E-state index is 12.6. The highest BCUT2D eigenvalue weighted by Crippen LogP contribution is 2.35. The van der Waals surface area contributed by atoms with Crippen LogP contribution in [0.1, 0.15) is 5.56 Å². The van der Waals surface area contributed by atoms with E-state index in [1.165, 1.54) is 0 Å². The number of phenolic OH excluding ortho intramolecular Hbond substituents is 1. The van der Waals surface area contributed by atoms with E-state index in [4.69, 9.17) is 16.4 Å². The Labute approximate surface area is 197 Å². The van der Waals surface area contributed by atoms with Gasteiger partial charge in [0.25, 0.3) is 0 Å². The van der Waals surface area contributed by atoms with Crippen LogP contribution in [0.3, 0.4) is 0 Å². The molecule has 4 aromatic rings. The molecule has 10 heteroatoms. The molecule has 3 aromatic carbocycles. The summed E-state index contributed by atoms with van der Waals surface area (Å²) in [5.41, 5.74) is 5.49. The summed E-state index contributed by atoms with van der Waals surface area (Å²) in [7, 11) is 0. The van der Waals surface area contributed by atoms with E-state index in [1.54, 1.807) is 47.1 Å². The summed E-state index contributed by atoms with van der Waals surface area (Å²) in [4.78, 5) is 17.5. The van der Waals surface area contributed by atoms with Crippen LogP contribution < -0.4 is 5.43 Å². The minimum atomic E-state index is -0.803. The number of anilines is 1. The van der Waals surface area contributed by atoms with Crippen molar-refractivity contribution in [2.24, 2.45) is 5.16 Å². The van der Waals surface area contributed by atoms with Crippen molar-refractivity contribution in [3.8, 4) is 17.1 Å². The Morgan fingerprint density at radius 1 is 0.939 bits per heavy atom. The summed E-state index contributed by atoms with van der Waals surface area (Å²) in [6.45, 7) is 0. The number of hydrogen-bond acceptors (Lipinski definition) is 8. The quantitative estimate of drug-likeness (QED) is 0.391. The van der Waals surface area contributed by atoms with E-state index in [0.29, 0.717) is 32.8 Å². The van der Waals surface area contributed by atoms with E-state index in [9.17, 15) is 9.90 Å². The summed E-state index contributed by atoms with van der Waals surface area (Å²) < 4.78 is 1.62. The number of aromatic nitrogens is 3. The Balaban J connectivity index is 1.55. The summed E-state index contributed by atoms with van der Waals surface area (Å²) >= 11 is 7.45. The predicted molar refractivity (Wildman–Crippen MR) is 126 cm³/mol. The molecule has 0 radical (unpaired) electrons. The average Bonchev–Trinajstić information content (AvgIpc) is 3.39. The Morgan fingerprint density at radius 3 is 2.39 bits per heavy atom. The van der Waals surface area contributed by atoms with Gasteiger partial charge in [-0.05, 0) is 30.3 Å². The molecular weight excluding hydrogens is 462 g/mol. The molecule has 0 amide bonds. The number of halogens is 1. The van der Waals surface area contributed by atoms with Crippen molar-refractivity contribution in [1.29, 1.82) is 0 Å². The summed E-state index contributed by atoms with van der Waals surface area (Å²) in [5.74, 6) is -0.105. The number of nitrogens with zero attached hydrogens (tertiary/aromatic N) is 4. The predicted octanol–water partition coefficient (Wildman–Crippen LogP) is 4.60. The fraction of sp³-hybridized carbons (Fsp3) is 0.0435. The second kappa shape index (κ2) is 8.97. The highest BCUT2D eigenvalue weighted by molar-refractivity contribution is 8.01. The smallest absolute Gasteiger partial charge is 0.354 e. The molecule has 1 aromatic heterocycles. The average molecular weight is 478 g/mol. The molecule has 0 bridgehead atoms. The highest BCUT2D eigenvalue weighted by Gasteiger charge is 2.37. The molecule has 0 saturated heterocycles. The number of aromatic hydroxyl groups is 1. The van der Waals surface area contributed by atoms with Crippen LogP contribution in [-0.4, -0.2) is 36.9 Å². The molecule has 0 fully saturated rings. The minimum absolute atomic E-state index is 0.0520. The van der Waals surface area contributed by atoms with Crippen molar-refractivity contribution in [2.45, 2.75) is 10.4 Å². The lowest BCUT2D eigenvalue weighted by molar-refractivity contribution is -0.139. The van der Waals surface area contributed by atoms with Crippen LogP contribution in [0.25, 0.3) is 11.4 Å². The zero-order chi connectivity index (χ0) is 22.8. The lowest BCUT2D eigenvalue weighted by atomic mass is 10.1. The first-order chi connectivity index (χ1) is 16.1. The van der Waals surface area contributed by atoms with Crippen molar-refractivity contribution in [3.05, 3.63) is 89.4 Å². The number of carbonyl (C=O) groups is 1. The number of rotatable bonds is 6. The number of carbonyl (C=O) groups excluding carboxylic acids is 1. The SMILES string of the molecule is O=C1ON=C(c2ccccc2Cl)C1Sc1nnc(-c2ccccc2O)n1Nc1ccccc1. The van der Waals surface area contributed by atoms with Crippen molar-refractivity contribution >= 4 is 40.7 Å². The van der Waals surface area contributed by atoms with E-state index in [1.807, 2.05) is 36.4 Å². The van der Waals surface area contributed by atoms with E-state index < -0.39 is 11.2 Å². The third-order valence-electron chi connectivity index (χ3n) is 4.86. The zero-order valence-corrected chi connectivity index (χ0v) is 18.5. The first-order valence-electron chi connectivity index (χ1n) is 9.88. The normalized spacial score (nSPS) is 15.2. The monoisotopic (exact) mass is 477 g/mol. The van der Waals surface area contributed by atoms with Crippen molar-refractivity contribution in [2.75, 3.05) is 5.43 Å².